The molecule has 142 valence electrons. The van der Waals surface area contributed by atoms with Gasteiger partial charge in [0.15, 0.2) is 6.10 Å². The van der Waals surface area contributed by atoms with E-state index in [-0.39, 0.29) is 17.7 Å². The first-order chi connectivity index (χ1) is 12.6. The summed E-state index contributed by atoms with van der Waals surface area (Å²) in [5.74, 6) is 1.05. The van der Waals surface area contributed by atoms with Crippen molar-refractivity contribution in [2.45, 2.75) is 43.9 Å². The second-order valence-corrected chi connectivity index (χ2v) is 7.33. The van der Waals surface area contributed by atoms with Gasteiger partial charge in [0.05, 0.1) is 6.54 Å². The van der Waals surface area contributed by atoms with E-state index in [1.807, 2.05) is 15.7 Å². The second-order valence-electron chi connectivity index (χ2n) is 7.33. The van der Waals surface area contributed by atoms with E-state index in [0.717, 1.165) is 18.7 Å². The van der Waals surface area contributed by atoms with E-state index in [1.165, 1.54) is 0 Å². The number of likely N-dealkylation sites (tertiary alicyclic amines) is 1. The Morgan fingerprint density at radius 3 is 2.69 bits per heavy atom. The highest BCUT2D eigenvalue weighted by atomic mass is 16.5. The zero-order chi connectivity index (χ0) is 18.1. The maximum Gasteiger partial charge on any atom is 0.250 e. The smallest absolute Gasteiger partial charge is 0.250 e. The van der Waals surface area contributed by atoms with Gasteiger partial charge in [0.1, 0.15) is 11.4 Å². The third-order valence-electron chi connectivity index (χ3n) is 5.85. The van der Waals surface area contributed by atoms with Crippen LogP contribution in [0.1, 0.15) is 31.5 Å². The minimum atomic E-state index is -0.592. The number of nitrogens with zero attached hydrogens (tertiary/aromatic N) is 3. The number of piperidine rings is 1. The van der Waals surface area contributed by atoms with Crippen LogP contribution in [-0.4, -0.2) is 65.7 Å². The molecule has 0 aliphatic carbocycles. The summed E-state index contributed by atoms with van der Waals surface area (Å²) >= 11 is 0. The SMILES string of the molecule is CNC(=O)C1Cn2ccnc2C2(CCN(C(=O)C3CCOCC3)CC2)O1. The van der Waals surface area contributed by atoms with Gasteiger partial charge in [-0.25, -0.2) is 4.98 Å². The van der Waals surface area contributed by atoms with Gasteiger partial charge in [-0.2, -0.15) is 0 Å². The third-order valence-corrected chi connectivity index (χ3v) is 5.85. The number of carbonyl (C=O) groups excluding carboxylic acids is 2. The minimum absolute atomic E-state index is 0.0747. The van der Waals surface area contributed by atoms with Gasteiger partial charge in [-0.1, -0.05) is 0 Å². The number of aromatic nitrogens is 2. The number of nitrogens with one attached hydrogen (secondary N) is 1. The number of hydrogen-bond acceptors (Lipinski definition) is 5. The van der Waals surface area contributed by atoms with Gasteiger partial charge in [-0.05, 0) is 12.8 Å². The van der Waals surface area contributed by atoms with Crippen molar-refractivity contribution in [3.63, 3.8) is 0 Å². The summed E-state index contributed by atoms with van der Waals surface area (Å²) in [4.78, 5) is 31.4. The molecule has 1 aromatic rings. The highest BCUT2D eigenvalue weighted by molar-refractivity contribution is 5.80. The quantitative estimate of drug-likeness (QED) is 0.816. The van der Waals surface area contributed by atoms with Gasteiger partial charge in [-0.3, -0.25) is 9.59 Å². The van der Waals surface area contributed by atoms with Crippen LogP contribution in [0.2, 0.25) is 0 Å². The zero-order valence-corrected chi connectivity index (χ0v) is 15.1. The standard InChI is InChI=1S/C18H26N4O4/c1-19-15(23)14-12-22-9-6-20-17(22)18(26-14)4-7-21(8-5-18)16(24)13-2-10-25-11-3-13/h6,9,13-14H,2-5,7-8,10-12H2,1H3,(H,19,23). The van der Waals surface area contributed by atoms with E-state index in [4.69, 9.17) is 9.47 Å². The van der Waals surface area contributed by atoms with Crippen LogP contribution in [0.5, 0.6) is 0 Å². The molecule has 3 aliphatic rings. The Balaban J connectivity index is 1.48. The average molecular weight is 362 g/mol. The van der Waals surface area contributed by atoms with Crippen LogP contribution in [-0.2, 0) is 31.2 Å². The van der Waals surface area contributed by atoms with E-state index in [9.17, 15) is 9.59 Å². The molecule has 0 bridgehead atoms. The van der Waals surface area contributed by atoms with Crippen molar-refractivity contribution in [3.8, 4) is 0 Å². The average Bonchev–Trinajstić information content (AvgIpc) is 3.18. The maximum atomic E-state index is 12.8. The number of ether oxygens (including phenoxy) is 2. The molecule has 0 aromatic carbocycles. The Labute approximate surface area is 152 Å². The summed E-state index contributed by atoms with van der Waals surface area (Å²) in [5.41, 5.74) is -0.592. The van der Waals surface area contributed by atoms with Crippen LogP contribution in [0.3, 0.4) is 0 Å². The molecule has 1 N–H and O–H groups in total. The fourth-order valence-corrected chi connectivity index (χ4v) is 4.33. The Kier molecular flexibility index (Phi) is 4.71. The molecule has 2 saturated heterocycles. The maximum absolute atomic E-state index is 12.8. The number of fused-ring (bicyclic) bond motifs is 2. The summed E-state index contributed by atoms with van der Waals surface area (Å²) in [6, 6.07) is 0. The van der Waals surface area contributed by atoms with Crippen molar-refractivity contribution in [1.82, 2.24) is 19.8 Å². The largest absolute Gasteiger partial charge is 0.381 e. The van der Waals surface area contributed by atoms with Crippen LogP contribution >= 0.6 is 0 Å². The molecular weight excluding hydrogens is 336 g/mol. The summed E-state index contributed by atoms with van der Waals surface area (Å²) in [6.07, 6.45) is 6.06. The topological polar surface area (TPSA) is 85.7 Å². The second kappa shape index (κ2) is 7.00. The lowest BCUT2D eigenvalue weighted by atomic mass is 9.87. The van der Waals surface area contributed by atoms with Crippen molar-refractivity contribution >= 4 is 11.8 Å². The lowest BCUT2D eigenvalue weighted by molar-refractivity contribution is -0.176. The van der Waals surface area contributed by atoms with Crippen molar-refractivity contribution in [1.29, 1.82) is 0 Å². The number of rotatable bonds is 2. The van der Waals surface area contributed by atoms with Gasteiger partial charge in [-0.15, -0.1) is 0 Å². The highest BCUT2D eigenvalue weighted by Gasteiger charge is 2.47. The first-order valence-electron chi connectivity index (χ1n) is 9.40. The zero-order valence-electron chi connectivity index (χ0n) is 15.1. The number of imidazole rings is 1. The lowest BCUT2D eigenvalue weighted by Gasteiger charge is -2.46. The fourth-order valence-electron chi connectivity index (χ4n) is 4.33. The Hall–Kier alpha value is -1.93. The summed E-state index contributed by atoms with van der Waals surface area (Å²) in [6.45, 7) is 3.07. The molecular formula is C18H26N4O4. The molecule has 2 fully saturated rings. The van der Waals surface area contributed by atoms with Gasteiger partial charge in [0.2, 0.25) is 5.91 Å². The molecule has 1 unspecified atom stereocenters. The molecule has 3 aliphatic heterocycles. The van der Waals surface area contributed by atoms with Crippen molar-refractivity contribution in [2.24, 2.45) is 5.92 Å². The van der Waals surface area contributed by atoms with Crippen molar-refractivity contribution in [3.05, 3.63) is 18.2 Å². The van der Waals surface area contributed by atoms with Gasteiger partial charge < -0.3 is 24.3 Å². The van der Waals surface area contributed by atoms with Crippen LogP contribution in [0, 0.1) is 5.92 Å². The first kappa shape index (κ1) is 17.5. The van der Waals surface area contributed by atoms with Crippen molar-refractivity contribution < 1.29 is 19.1 Å². The molecule has 0 radical (unpaired) electrons. The Morgan fingerprint density at radius 2 is 2.00 bits per heavy atom. The third kappa shape index (κ3) is 3.01. The lowest BCUT2D eigenvalue weighted by Crippen LogP contribution is -2.55. The van der Waals surface area contributed by atoms with E-state index < -0.39 is 11.7 Å². The monoisotopic (exact) mass is 362 g/mol. The molecule has 1 aromatic heterocycles. The molecule has 8 heteroatoms. The fraction of sp³-hybridized carbons (Fsp3) is 0.722. The first-order valence-corrected chi connectivity index (χ1v) is 9.40. The van der Waals surface area contributed by atoms with Crippen LogP contribution in [0.25, 0.3) is 0 Å². The molecule has 4 heterocycles. The van der Waals surface area contributed by atoms with E-state index in [2.05, 4.69) is 10.3 Å². The van der Waals surface area contributed by atoms with Crippen LogP contribution in [0.4, 0.5) is 0 Å². The number of likely N-dealkylation sites (N-methyl/N-ethyl adjacent to an activating group) is 1. The van der Waals surface area contributed by atoms with Crippen LogP contribution in [0.15, 0.2) is 12.4 Å². The highest BCUT2D eigenvalue weighted by Crippen LogP contribution is 2.40. The molecule has 1 atom stereocenters. The van der Waals surface area contributed by atoms with Gasteiger partial charge in [0, 0.05) is 64.5 Å². The minimum Gasteiger partial charge on any atom is -0.381 e. The molecule has 1 spiro atoms. The predicted molar refractivity (Wildman–Crippen MR) is 92.2 cm³/mol. The summed E-state index contributed by atoms with van der Waals surface area (Å²) < 4.78 is 13.6. The molecule has 26 heavy (non-hydrogen) atoms. The van der Waals surface area contributed by atoms with Crippen LogP contribution < -0.4 is 5.32 Å². The van der Waals surface area contributed by atoms with Gasteiger partial charge in [0.25, 0.3) is 5.91 Å². The normalized spacial score (nSPS) is 25.7. The van der Waals surface area contributed by atoms with E-state index in [1.54, 1.807) is 13.2 Å². The molecule has 2 amide bonds. The predicted octanol–water partition coefficient (Wildman–Crippen LogP) is 0.272. The molecule has 4 rings (SSSR count). The van der Waals surface area contributed by atoms with E-state index in [0.29, 0.717) is 45.7 Å². The number of amides is 2. The molecule has 0 saturated carbocycles. The van der Waals surface area contributed by atoms with E-state index >= 15 is 0 Å². The number of hydrogen-bond donors (Lipinski definition) is 1. The summed E-state index contributed by atoms with van der Waals surface area (Å²) in [7, 11) is 1.62. The summed E-state index contributed by atoms with van der Waals surface area (Å²) in [5, 5.41) is 2.68. The Morgan fingerprint density at radius 1 is 1.27 bits per heavy atom. The Bertz CT molecular complexity index is 674. The van der Waals surface area contributed by atoms with Gasteiger partial charge >= 0.3 is 0 Å². The molecule has 8 nitrogen and oxygen atoms in total. The van der Waals surface area contributed by atoms with Crippen molar-refractivity contribution in [2.75, 3.05) is 33.4 Å². The number of carbonyl (C=O) groups is 2.